The second-order valence-corrected chi connectivity index (χ2v) is 6.78. The highest BCUT2D eigenvalue weighted by molar-refractivity contribution is 5.99. The summed E-state index contributed by atoms with van der Waals surface area (Å²) in [5.74, 6) is -0.195. The molecule has 0 atom stereocenters. The lowest BCUT2D eigenvalue weighted by Crippen LogP contribution is -2.37. The summed E-state index contributed by atoms with van der Waals surface area (Å²) in [7, 11) is 0. The number of fused-ring (bicyclic) bond motifs is 1. The molecular weight excluding hydrogens is 275 g/mol. The molecule has 0 amide bonds. The van der Waals surface area contributed by atoms with Gasteiger partial charge in [0.05, 0.1) is 17.9 Å². The number of rotatable bonds is 2. The van der Waals surface area contributed by atoms with Crippen LogP contribution in [0.2, 0.25) is 0 Å². The molecule has 3 heteroatoms. The summed E-state index contributed by atoms with van der Waals surface area (Å²) in [6, 6.07) is 14.9. The van der Waals surface area contributed by atoms with Crippen molar-refractivity contribution >= 4 is 17.1 Å². The van der Waals surface area contributed by atoms with Gasteiger partial charge in [-0.25, -0.2) is 4.39 Å². The predicted molar refractivity (Wildman–Crippen MR) is 90.4 cm³/mol. The highest BCUT2D eigenvalue weighted by Crippen LogP contribution is 2.36. The summed E-state index contributed by atoms with van der Waals surface area (Å²) in [6.07, 6.45) is 0. The summed E-state index contributed by atoms with van der Waals surface area (Å²) in [5.41, 5.74) is 4.47. The van der Waals surface area contributed by atoms with Crippen molar-refractivity contribution in [3.8, 4) is 0 Å². The predicted octanol–water partition coefficient (Wildman–Crippen LogP) is 4.96. The van der Waals surface area contributed by atoms with Gasteiger partial charge in [-0.3, -0.25) is 4.99 Å². The zero-order chi connectivity index (χ0) is 15.7. The average Bonchev–Trinajstić information content (AvgIpc) is 2.48. The maximum Gasteiger partial charge on any atom is 0.123 e. The fraction of sp³-hybridized carbons (Fsp3) is 0.316. The van der Waals surface area contributed by atoms with E-state index in [1.165, 1.54) is 17.8 Å². The Balaban J connectivity index is 1.94. The van der Waals surface area contributed by atoms with E-state index in [4.69, 9.17) is 4.99 Å². The van der Waals surface area contributed by atoms with E-state index in [0.29, 0.717) is 0 Å². The smallest absolute Gasteiger partial charge is 0.123 e. The molecule has 0 spiro atoms. The van der Waals surface area contributed by atoms with Crippen LogP contribution in [-0.4, -0.2) is 12.3 Å². The molecule has 1 aliphatic rings. The van der Waals surface area contributed by atoms with Gasteiger partial charge in [-0.15, -0.1) is 0 Å². The summed E-state index contributed by atoms with van der Waals surface area (Å²) in [6.45, 7) is 8.13. The molecule has 22 heavy (non-hydrogen) atoms. The first-order valence-corrected chi connectivity index (χ1v) is 7.60. The minimum absolute atomic E-state index is 0.0363. The van der Waals surface area contributed by atoms with Gasteiger partial charge in [0.1, 0.15) is 5.82 Å². The van der Waals surface area contributed by atoms with Gasteiger partial charge >= 0.3 is 0 Å². The van der Waals surface area contributed by atoms with Gasteiger partial charge in [-0.2, -0.15) is 0 Å². The van der Waals surface area contributed by atoms with Crippen molar-refractivity contribution in [2.75, 3.05) is 11.4 Å². The molecule has 2 aromatic rings. The molecule has 2 aromatic carbocycles. The molecule has 0 saturated carbocycles. The Hall–Kier alpha value is -2.16. The van der Waals surface area contributed by atoms with Gasteiger partial charge in [0.2, 0.25) is 0 Å². The van der Waals surface area contributed by atoms with Gasteiger partial charge < -0.3 is 4.90 Å². The van der Waals surface area contributed by atoms with Crippen LogP contribution in [0.15, 0.2) is 53.5 Å². The van der Waals surface area contributed by atoms with E-state index >= 15 is 0 Å². The summed E-state index contributed by atoms with van der Waals surface area (Å²) in [5, 5.41) is 0. The van der Waals surface area contributed by atoms with Crippen LogP contribution in [0, 0.1) is 11.2 Å². The molecule has 2 nitrogen and oxygen atoms in total. The number of halogens is 1. The normalized spacial score (nSPS) is 14.5. The lowest BCUT2D eigenvalue weighted by atomic mass is 9.88. The maximum atomic E-state index is 13.1. The summed E-state index contributed by atoms with van der Waals surface area (Å²) >= 11 is 0. The van der Waals surface area contributed by atoms with Crippen LogP contribution in [0.25, 0.3) is 0 Å². The molecular formula is C19H21FN2. The Morgan fingerprint density at radius 2 is 1.73 bits per heavy atom. The molecule has 1 heterocycles. The van der Waals surface area contributed by atoms with Crippen LogP contribution in [0.3, 0.4) is 0 Å². The largest absolute Gasteiger partial charge is 0.360 e. The molecule has 1 aliphatic heterocycles. The van der Waals surface area contributed by atoms with Crippen LogP contribution < -0.4 is 4.90 Å². The topological polar surface area (TPSA) is 15.6 Å². The van der Waals surface area contributed by atoms with Crippen LogP contribution in [0.5, 0.6) is 0 Å². The second-order valence-electron chi connectivity index (χ2n) is 6.78. The number of aliphatic imine (C=N–C) groups is 1. The monoisotopic (exact) mass is 296 g/mol. The van der Waals surface area contributed by atoms with Crippen LogP contribution in [-0.2, 0) is 6.54 Å². The SMILES string of the molecule is CC(C)(C)C1=Nc2ccccc2N(Cc2ccc(F)cc2)C1. The first-order chi connectivity index (χ1) is 10.4. The molecule has 0 bridgehead atoms. The molecule has 0 unspecified atom stereocenters. The van der Waals surface area contributed by atoms with E-state index < -0.39 is 0 Å². The van der Waals surface area contributed by atoms with Crippen molar-refractivity contribution in [2.24, 2.45) is 10.4 Å². The van der Waals surface area contributed by atoms with Gasteiger partial charge in [-0.05, 0) is 29.8 Å². The number of anilines is 1. The van der Waals surface area contributed by atoms with Crippen molar-refractivity contribution in [3.05, 3.63) is 59.9 Å². The highest BCUT2D eigenvalue weighted by atomic mass is 19.1. The molecule has 114 valence electrons. The third-order valence-electron chi connectivity index (χ3n) is 3.97. The number of para-hydroxylation sites is 2. The third kappa shape index (κ3) is 3.03. The van der Waals surface area contributed by atoms with E-state index in [1.807, 2.05) is 24.3 Å². The van der Waals surface area contributed by atoms with E-state index in [9.17, 15) is 4.39 Å². The van der Waals surface area contributed by atoms with Crippen molar-refractivity contribution in [2.45, 2.75) is 27.3 Å². The van der Waals surface area contributed by atoms with Crippen LogP contribution in [0.1, 0.15) is 26.3 Å². The Kier molecular flexibility index (Phi) is 3.73. The Morgan fingerprint density at radius 3 is 2.41 bits per heavy atom. The fourth-order valence-corrected chi connectivity index (χ4v) is 2.63. The molecule has 0 aliphatic carbocycles. The van der Waals surface area contributed by atoms with Crippen LogP contribution in [0.4, 0.5) is 15.8 Å². The van der Waals surface area contributed by atoms with E-state index in [-0.39, 0.29) is 11.2 Å². The van der Waals surface area contributed by atoms with Crippen LogP contribution >= 0.6 is 0 Å². The molecule has 3 rings (SSSR count). The van der Waals surface area contributed by atoms with Gasteiger partial charge in [0.25, 0.3) is 0 Å². The van der Waals surface area contributed by atoms with Gasteiger partial charge in [0, 0.05) is 17.7 Å². The minimum atomic E-state index is -0.195. The lowest BCUT2D eigenvalue weighted by Gasteiger charge is -2.35. The number of benzene rings is 2. The Labute approximate surface area is 131 Å². The molecule has 0 N–H and O–H groups in total. The first kappa shape index (κ1) is 14.8. The maximum absolute atomic E-state index is 13.1. The molecule has 0 saturated heterocycles. The number of hydrogen-bond donors (Lipinski definition) is 0. The third-order valence-corrected chi connectivity index (χ3v) is 3.97. The van der Waals surface area contributed by atoms with Crippen molar-refractivity contribution in [1.29, 1.82) is 0 Å². The van der Waals surface area contributed by atoms with Crippen molar-refractivity contribution in [3.63, 3.8) is 0 Å². The van der Waals surface area contributed by atoms with E-state index in [1.54, 1.807) is 0 Å². The highest BCUT2D eigenvalue weighted by Gasteiger charge is 2.26. The Morgan fingerprint density at radius 1 is 1.05 bits per heavy atom. The second kappa shape index (κ2) is 5.56. The fourth-order valence-electron chi connectivity index (χ4n) is 2.63. The zero-order valence-corrected chi connectivity index (χ0v) is 13.3. The van der Waals surface area contributed by atoms with E-state index in [0.717, 1.165) is 30.0 Å². The number of nitrogens with zero attached hydrogens (tertiary/aromatic N) is 2. The van der Waals surface area contributed by atoms with Gasteiger partial charge in [0.15, 0.2) is 0 Å². The quantitative estimate of drug-likeness (QED) is 0.764. The first-order valence-electron chi connectivity index (χ1n) is 7.60. The molecule has 0 radical (unpaired) electrons. The molecule has 0 fully saturated rings. The van der Waals surface area contributed by atoms with Gasteiger partial charge in [-0.1, -0.05) is 45.0 Å². The number of hydrogen-bond acceptors (Lipinski definition) is 2. The zero-order valence-electron chi connectivity index (χ0n) is 13.3. The Bertz CT molecular complexity index is 696. The van der Waals surface area contributed by atoms with E-state index in [2.05, 4.69) is 37.8 Å². The summed E-state index contributed by atoms with van der Waals surface area (Å²) < 4.78 is 13.1. The average molecular weight is 296 g/mol. The van der Waals surface area contributed by atoms with Crippen molar-refractivity contribution < 1.29 is 4.39 Å². The standard InChI is InChI=1S/C19H21FN2/c1-19(2,3)18-13-22(12-14-8-10-15(20)11-9-14)17-7-5-4-6-16(17)21-18/h4-11H,12-13H2,1-3H3. The van der Waals surface area contributed by atoms with Crippen molar-refractivity contribution in [1.82, 2.24) is 0 Å². The lowest BCUT2D eigenvalue weighted by molar-refractivity contribution is 0.577. The minimum Gasteiger partial charge on any atom is -0.360 e. The molecule has 0 aromatic heterocycles. The summed E-state index contributed by atoms with van der Waals surface area (Å²) in [4.78, 5) is 7.15.